The average Bonchev–Trinajstić information content (AvgIpc) is 2.72. The molecule has 1 aromatic heterocycles. The van der Waals surface area contributed by atoms with Crippen molar-refractivity contribution in [1.29, 1.82) is 0 Å². The molecule has 0 saturated carbocycles. The lowest BCUT2D eigenvalue weighted by atomic mass is 10.2. The second-order valence-electron chi connectivity index (χ2n) is 3.73. The molecule has 0 aliphatic heterocycles. The minimum absolute atomic E-state index is 0.167. The zero-order valence-electron chi connectivity index (χ0n) is 9.93. The summed E-state index contributed by atoms with van der Waals surface area (Å²) in [4.78, 5) is 5.67. The first-order valence-corrected chi connectivity index (χ1v) is 6.28. The van der Waals surface area contributed by atoms with E-state index in [-0.39, 0.29) is 6.61 Å². The van der Waals surface area contributed by atoms with Gasteiger partial charge in [0.25, 0.3) is 0 Å². The van der Waals surface area contributed by atoms with E-state index in [2.05, 4.69) is 4.98 Å². The molecule has 0 saturated heterocycles. The minimum atomic E-state index is 0.167. The highest BCUT2D eigenvalue weighted by atomic mass is 32.1. The molecule has 0 aliphatic rings. The van der Waals surface area contributed by atoms with Crippen LogP contribution in [-0.4, -0.2) is 23.8 Å². The summed E-state index contributed by atoms with van der Waals surface area (Å²) in [6.07, 6.45) is 0.674. The van der Waals surface area contributed by atoms with Gasteiger partial charge in [0, 0.05) is 23.5 Å². The molecule has 2 aromatic rings. The standard InChI is InChI=1S/C13H15NO2S/c1-9-12(6-7-15)17-13(14-9)10-4-3-5-11(8-10)16-2/h3-5,8,15H,6-7H2,1-2H3. The Bertz CT molecular complexity index is 508. The van der Waals surface area contributed by atoms with Gasteiger partial charge in [-0.2, -0.15) is 0 Å². The van der Waals surface area contributed by atoms with Crippen LogP contribution in [0.1, 0.15) is 10.6 Å². The quantitative estimate of drug-likeness (QED) is 0.905. The fourth-order valence-electron chi connectivity index (χ4n) is 1.64. The molecule has 0 atom stereocenters. The lowest BCUT2D eigenvalue weighted by molar-refractivity contribution is 0.300. The predicted octanol–water partition coefficient (Wildman–Crippen LogP) is 2.66. The van der Waals surface area contributed by atoms with Crippen LogP contribution < -0.4 is 4.74 Å². The van der Waals surface area contributed by atoms with Gasteiger partial charge in [-0.1, -0.05) is 12.1 Å². The van der Waals surface area contributed by atoms with Crippen molar-refractivity contribution in [3.8, 4) is 16.3 Å². The number of nitrogens with zero attached hydrogens (tertiary/aromatic N) is 1. The zero-order valence-corrected chi connectivity index (χ0v) is 10.8. The van der Waals surface area contributed by atoms with E-state index >= 15 is 0 Å². The topological polar surface area (TPSA) is 42.4 Å². The molecular formula is C13H15NO2S. The Morgan fingerprint density at radius 2 is 2.24 bits per heavy atom. The first-order valence-electron chi connectivity index (χ1n) is 5.46. The number of hydrogen-bond acceptors (Lipinski definition) is 4. The fourth-order valence-corrected chi connectivity index (χ4v) is 2.69. The van der Waals surface area contributed by atoms with Gasteiger partial charge in [0.1, 0.15) is 10.8 Å². The monoisotopic (exact) mass is 249 g/mol. The molecule has 0 fully saturated rings. The van der Waals surface area contributed by atoms with Crippen molar-refractivity contribution >= 4 is 11.3 Å². The highest BCUT2D eigenvalue weighted by Crippen LogP contribution is 2.30. The third-order valence-electron chi connectivity index (χ3n) is 2.55. The second-order valence-corrected chi connectivity index (χ2v) is 4.82. The van der Waals surface area contributed by atoms with E-state index in [9.17, 15) is 0 Å². The third kappa shape index (κ3) is 2.65. The molecular weight excluding hydrogens is 234 g/mol. The molecule has 0 bridgehead atoms. The molecule has 1 N–H and O–H groups in total. The van der Waals surface area contributed by atoms with Crippen LogP contribution in [0.2, 0.25) is 0 Å². The Hall–Kier alpha value is -1.39. The Balaban J connectivity index is 2.35. The van der Waals surface area contributed by atoms with Crippen LogP contribution in [0.3, 0.4) is 0 Å². The first kappa shape index (κ1) is 12.1. The summed E-state index contributed by atoms with van der Waals surface area (Å²) < 4.78 is 5.20. The van der Waals surface area contributed by atoms with E-state index in [0.29, 0.717) is 6.42 Å². The zero-order chi connectivity index (χ0) is 12.3. The molecule has 2 rings (SSSR count). The summed E-state index contributed by atoms with van der Waals surface area (Å²) in [6.45, 7) is 2.14. The van der Waals surface area contributed by atoms with Gasteiger partial charge in [0.05, 0.1) is 12.8 Å². The van der Waals surface area contributed by atoms with Gasteiger partial charge in [-0.3, -0.25) is 0 Å². The van der Waals surface area contributed by atoms with Crippen LogP contribution in [0.25, 0.3) is 10.6 Å². The number of ether oxygens (including phenoxy) is 1. The normalized spacial score (nSPS) is 10.5. The van der Waals surface area contributed by atoms with E-state index in [1.54, 1.807) is 18.4 Å². The molecule has 3 nitrogen and oxygen atoms in total. The van der Waals surface area contributed by atoms with Gasteiger partial charge < -0.3 is 9.84 Å². The summed E-state index contributed by atoms with van der Waals surface area (Å²) in [5, 5.41) is 9.94. The summed E-state index contributed by atoms with van der Waals surface area (Å²) in [6, 6.07) is 7.86. The van der Waals surface area contributed by atoms with Crippen LogP contribution in [-0.2, 0) is 6.42 Å². The molecule has 0 unspecified atom stereocenters. The second kappa shape index (κ2) is 5.29. The van der Waals surface area contributed by atoms with Crippen molar-refractivity contribution in [3.05, 3.63) is 34.8 Å². The maximum Gasteiger partial charge on any atom is 0.123 e. The van der Waals surface area contributed by atoms with Crippen molar-refractivity contribution < 1.29 is 9.84 Å². The number of hydrogen-bond donors (Lipinski definition) is 1. The molecule has 1 aromatic carbocycles. The van der Waals surface area contributed by atoms with Crippen LogP contribution in [0.15, 0.2) is 24.3 Å². The lowest BCUT2D eigenvalue weighted by Gasteiger charge is -2.00. The maximum absolute atomic E-state index is 8.97. The van der Waals surface area contributed by atoms with Crippen LogP contribution in [0.4, 0.5) is 0 Å². The van der Waals surface area contributed by atoms with Crippen molar-refractivity contribution in [2.24, 2.45) is 0 Å². The Morgan fingerprint density at radius 1 is 1.41 bits per heavy atom. The van der Waals surface area contributed by atoms with Crippen LogP contribution in [0, 0.1) is 6.92 Å². The summed E-state index contributed by atoms with van der Waals surface area (Å²) in [5.41, 5.74) is 2.06. The molecule has 4 heteroatoms. The third-order valence-corrected chi connectivity index (χ3v) is 3.81. The highest BCUT2D eigenvalue weighted by molar-refractivity contribution is 7.15. The number of aromatic nitrogens is 1. The SMILES string of the molecule is COc1cccc(-c2nc(C)c(CCO)s2)c1. The maximum atomic E-state index is 8.97. The van der Waals surface area contributed by atoms with E-state index in [1.807, 2.05) is 31.2 Å². The Labute approximate surface area is 105 Å². The Kier molecular flexibility index (Phi) is 3.76. The molecule has 17 heavy (non-hydrogen) atoms. The predicted molar refractivity (Wildman–Crippen MR) is 69.6 cm³/mol. The van der Waals surface area contributed by atoms with Gasteiger partial charge in [-0.25, -0.2) is 4.98 Å². The van der Waals surface area contributed by atoms with Crippen molar-refractivity contribution in [1.82, 2.24) is 4.98 Å². The summed E-state index contributed by atoms with van der Waals surface area (Å²) in [5.74, 6) is 0.832. The molecule has 1 heterocycles. The Morgan fingerprint density at radius 3 is 2.94 bits per heavy atom. The van der Waals surface area contributed by atoms with Gasteiger partial charge in [-0.05, 0) is 19.1 Å². The highest BCUT2D eigenvalue weighted by Gasteiger charge is 2.09. The number of thiazole rings is 1. The van der Waals surface area contributed by atoms with Gasteiger partial charge in [0.2, 0.25) is 0 Å². The molecule has 0 amide bonds. The fraction of sp³-hybridized carbons (Fsp3) is 0.308. The van der Waals surface area contributed by atoms with E-state index < -0.39 is 0 Å². The van der Waals surface area contributed by atoms with Gasteiger partial charge >= 0.3 is 0 Å². The molecule has 0 radical (unpaired) electrons. The summed E-state index contributed by atoms with van der Waals surface area (Å²) in [7, 11) is 1.66. The number of methoxy groups -OCH3 is 1. The van der Waals surface area contributed by atoms with Crippen LogP contribution >= 0.6 is 11.3 Å². The van der Waals surface area contributed by atoms with Crippen LogP contribution in [0.5, 0.6) is 5.75 Å². The molecule has 90 valence electrons. The first-order chi connectivity index (χ1) is 8.24. The van der Waals surface area contributed by atoms with E-state index in [4.69, 9.17) is 9.84 Å². The average molecular weight is 249 g/mol. The molecule has 0 spiro atoms. The van der Waals surface area contributed by atoms with E-state index in [1.165, 1.54) is 0 Å². The largest absolute Gasteiger partial charge is 0.497 e. The number of aliphatic hydroxyl groups excluding tert-OH is 1. The smallest absolute Gasteiger partial charge is 0.123 e. The summed E-state index contributed by atoms with van der Waals surface area (Å²) >= 11 is 1.63. The van der Waals surface area contributed by atoms with Crippen molar-refractivity contribution in [3.63, 3.8) is 0 Å². The number of aliphatic hydroxyl groups is 1. The van der Waals surface area contributed by atoms with Gasteiger partial charge in [-0.15, -0.1) is 11.3 Å². The van der Waals surface area contributed by atoms with Crippen molar-refractivity contribution in [2.45, 2.75) is 13.3 Å². The number of aryl methyl sites for hydroxylation is 1. The lowest BCUT2D eigenvalue weighted by Crippen LogP contribution is -1.88. The van der Waals surface area contributed by atoms with Gasteiger partial charge in [0.15, 0.2) is 0 Å². The number of benzene rings is 1. The number of rotatable bonds is 4. The van der Waals surface area contributed by atoms with E-state index in [0.717, 1.165) is 26.9 Å². The van der Waals surface area contributed by atoms with Crippen molar-refractivity contribution in [2.75, 3.05) is 13.7 Å². The molecule has 0 aliphatic carbocycles. The minimum Gasteiger partial charge on any atom is -0.497 e.